The smallest absolute Gasteiger partial charge is 0.315 e. The zero-order valence-corrected chi connectivity index (χ0v) is 9.90. The third-order valence-corrected chi connectivity index (χ3v) is 2.76. The van der Waals surface area contributed by atoms with Crippen LogP contribution in [0.5, 0.6) is 0 Å². The highest BCUT2D eigenvalue weighted by Gasteiger charge is 2.33. The SMILES string of the molecule is CCCCNC(=O)NC(C(N)=S)C1CC1. The summed E-state index contributed by atoms with van der Waals surface area (Å²) in [4.78, 5) is 11.8. The minimum atomic E-state index is -0.159. The van der Waals surface area contributed by atoms with Crippen LogP contribution in [0.1, 0.15) is 32.6 Å². The summed E-state index contributed by atoms with van der Waals surface area (Å²) in [7, 11) is 0. The molecule has 15 heavy (non-hydrogen) atoms. The molecular formula is C10H19N3OS. The van der Waals surface area contributed by atoms with Gasteiger partial charge in [0.15, 0.2) is 0 Å². The molecule has 0 aromatic carbocycles. The molecule has 1 aliphatic rings. The molecule has 0 bridgehead atoms. The first-order valence-corrected chi connectivity index (χ1v) is 5.89. The summed E-state index contributed by atoms with van der Waals surface area (Å²) in [5.41, 5.74) is 5.57. The van der Waals surface area contributed by atoms with Gasteiger partial charge in [-0.05, 0) is 25.2 Å². The Morgan fingerprint density at radius 1 is 1.60 bits per heavy atom. The molecular weight excluding hydrogens is 210 g/mol. The Hall–Kier alpha value is -0.840. The van der Waals surface area contributed by atoms with Gasteiger partial charge in [-0.25, -0.2) is 4.79 Å². The van der Waals surface area contributed by atoms with Crippen molar-refractivity contribution in [2.24, 2.45) is 11.7 Å². The van der Waals surface area contributed by atoms with Crippen LogP contribution in [0.25, 0.3) is 0 Å². The number of nitrogens with one attached hydrogen (secondary N) is 2. The Labute approximate surface area is 96.0 Å². The highest BCUT2D eigenvalue weighted by molar-refractivity contribution is 7.80. The molecule has 1 fully saturated rings. The summed E-state index contributed by atoms with van der Waals surface area (Å²) in [6.07, 6.45) is 4.28. The number of hydrogen-bond acceptors (Lipinski definition) is 2. The van der Waals surface area contributed by atoms with Crippen LogP contribution in [0, 0.1) is 5.92 Å². The molecule has 0 aliphatic heterocycles. The van der Waals surface area contributed by atoms with Crippen molar-refractivity contribution in [3.8, 4) is 0 Å². The van der Waals surface area contributed by atoms with Gasteiger partial charge in [0, 0.05) is 6.54 Å². The van der Waals surface area contributed by atoms with Gasteiger partial charge in [0.1, 0.15) is 0 Å². The maximum atomic E-state index is 11.4. The summed E-state index contributed by atoms with van der Waals surface area (Å²) in [6, 6.07) is -0.283. The number of carbonyl (C=O) groups is 1. The quantitative estimate of drug-likeness (QED) is 0.473. The van der Waals surface area contributed by atoms with Gasteiger partial charge in [0.2, 0.25) is 0 Å². The summed E-state index contributed by atoms with van der Waals surface area (Å²) in [5.74, 6) is 0.458. The van der Waals surface area contributed by atoms with E-state index in [-0.39, 0.29) is 12.1 Å². The first-order valence-electron chi connectivity index (χ1n) is 5.48. The fraction of sp³-hybridized carbons (Fsp3) is 0.800. The molecule has 5 heteroatoms. The van der Waals surface area contributed by atoms with E-state index in [0.29, 0.717) is 17.5 Å². The van der Waals surface area contributed by atoms with E-state index in [9.17, 15) is 4.79 Å². The monoisotopic (exact) mass is 229 g/mol. The van der Waals surface area contributed by atoms with Crippen LogP contribution in [0.3, 0.4) is 0 Å². The van der Waals surface area contributed by atoms with Crippen molar-refractivity contribution < 1.29 is 4.79 Å². The zero-order valence-electron chi connectivity index (χ0n) is 9.08. The van der Waals surface area contributed by atoms with E-state index in [1.165, 1.54) is 0 Å². The molecule has 0 spiro atoms. The average Bonchev–Trinajstić information content (AvgIpc) is 2.97. The van der Waals surface area contributed by atoms with Gasteiger partial charge in [-0.1, -0.05) is 25.6 Å². The van der Waals surface area contributed by atoms with Crippen LogP contribution in [0.4, 0.5) is 4.79 Å². The van der Waals surface area contributed by atoms with Crippen molar-refractivity contribution in [1.82, 2.24) is 10.6 Å². The lowest BCUT2D eigenvalue weighted by Gasteiger charge is -2.17. The van der Waals surface area contributed by atoms with Gasteiger partial charge in [-0.15, -0.1) is 0 Å². The highest BCUT2D eigenvalue weighted by atomic mass is 32.1. The number of nitrogens with two attached hydrogens (primary N) is 1. The van der Waals surface area contributed by atoms with E-state index in [1.54, 1.807) is 0 Å². The second-order valence-corrected chi connectivity index (χ2v) is 4.44. The van der Waals surface area contributed by atoms with Gasteiger partial charge < -0.3 is 16.4 Å². The van der Waals surface area contributed by atoms with Crippen LogP contribution >= 0.6 is 12.2 Å². The second kappa shape index (κ2) is 5.90. The second-order valence-electron chi connectivity index (χ2n) is 3.97. The normalized spacial score (nSPS) is 16.9. The van der Waals surface area contributed by atoms with E-state index in [1.807, 2.05) is 0 Å². The number of urea groups is 1. The summed E-state index contributed by atoms with van der Waals surface area (Å²) in [6.45, 7) is 2.79. The molecule has 0 heterocycles. The lowest BCUT2D eigenvalue weighted by Crippen LogP contribution is -2.49. The molecule has 0 radical (unpaired) electrons. The standard InChI is InChI=1S/C10H19N3OS/c1-2-3-6-12-10(14)13-8(9(11)15)7-4-5-7/h7-8H,2-6H2,1H3,(H2,11,15)(H2,12,13,14). The molecule has 0 saturated heterocycles. The maximum absolute atomic E-state index is 11.4. The number of thiocarbonyl (C=S) groups is 1. The van der Waals surface area contributed by atoms with Crippen LogP contribution in [-0.4, -0.2) is 23.6 Å². The van der Waals surface area contributed by atoms with E-state index in [2.05, 4.69) is 17.6 Å². The highest BCUT2D eigenvalue weighted by Crippen LogP contribution is 2.32. The maximum Gasteiger partial charge on any atom is 0.315 e. The van der Waals surface area contributed by atoms with Gasteiger partial charge in [-0.2, -0.15) is 0 Å². The van der Waals surface area contributed by atoms with E-state index < -0.39 is 0 Å². The van der Waals surface area contributed by atoms with Crippen LogP contribution in [0.15, 0.2) is 0 Å². The van der Waals surface area contributed by atoms with Gasteiger partial charge in [-0.3, -0.25) is 0 Å². The van der Waals surface area contributed by atoms with Gasteiger partial charge in [0.05, 0.1) is 11.0 Å². The van der Waals surface area contributed by atoms with Gasteiger partial charge >= 0.3 is 6.03 Å². The summed E-state index contributed by atoms with van der Waals surface area (Å²) < 4.78 is 0. The van der Waals surface area contributed by atoms with Crippen LogP contribution < -0.4 is 16.4 Å². The van der Waals surface area contributed by atoms with Crippen molar-refractivity contribution in [1.29, 1.82) is 0 Å². The number of unbranched alkanes of at least 4 members (excludes halogenated alkanes) is 1. The molecule has 1 aliphatic carbocycles. The topological polar surface area (TPSA) is 67.2 Å². The molecule has 1 atom stereocenters. The molecule has 1 rings (SSSR count). The van der Waals surface area contributed by atoms with Crippen molar-refractivity contribution in [2.75, 3.05) is 6.54 Å². The minimum absolute atomic E-state index is 0.123. The lowest BCUT2D eigenvalue weighted by atomic mass is 10.2. The third kappa shape index (κ3) is 4.46. The fourth-order valence-electron chi connectivity index (χ4n) is 1.42. The number of rotatable bonds is 6. The first-order chi connectivity index (χ1) is 7.15. The molecule has 2 amide bonds. The Bertz CT molecular complexity index is 241. The lowest BCUT2D eigenvalue weighted by molar-refractivity contribution is 0.238. The van der Waals surface area contributed by atoms with E-state index in [4.69, 9.17) is 18.0 Å². The zero-order chi connectivity index (χ0) is 11.3. The number of carbonyl (C=O) groups excluding carboxylic acids is 1. The number of amides is 2. The Balaban J connectivity index is 2.24. The fourth-order valence-corrected chi connectivity index (χ4v) is 1.67. The predicted octanol–water partition coefficient (Wildman–Crippen LogP) is 1.15. The van der Waals surface area contributed by atoms with E-state index in [0.717, 1.165) is 25.7 Å². The number of hydrogen-bond donors (Lipinski definition) is 3. The van der Waals surface area contributed by atoms with Crippen LogP contribution in [0.2, 0.25) is 0 Å². The van der Waals surface area contributed by atoms with Crippen molar-refractivity contribution in [3.05, 3.63) is 0 Å². The predicted molar refractivity (Wildman–Crippen MR) is 64.7 cm³/mol. The molecule has 0 aromatic heterocycles. The first kappa shape index (κ1) is 12.2. The van der Waals surface area contributed by atoms with Gasteiger partial charge in [0.25, 0.3) is 0 Å². The van der Waals surface area contributed by atoms with Crippen molar-refractivity contribution in [3.63, 3.8) is 0 Å². The average molecular weight is 229 g/mol. The van der Waals surface area contributed by atoms with Crippen molar-refractivity contribution >= 4 is 23.2 Å². The molecule has 4 N–H and O–H groups in total. The van der Waals surface area contributed by atoms with E-state index >= 15 is 0 Å². The third-order valence-electron chi connectivity index (χ3n) is 2.50. The molecule has 4 nitrogen and oxygen atoms in total. The molecule has 86 valence electrons. The summed E-state index contributed by atoms with van der Waals surface area (Å²) >= 11 is 4.92. The Morgan fingerprint density at radius 3 is 2.73 bits per heavy atom. The molecule has 1 saturated carbocycles. The summed E-state index contributed by atoms with van der Waals surface area (Å²) in [5, 5.41) is 5.61. The molecule has 0 aromatic rings. The van der Waals surface area contributed by atoms with Crippen molar-refractivity contribution in [2.45, 2.75) is 38.6 Å². The minimum Gasteiger partial charge on any atom is -0.392 e. The Kier molecular flexibility index (Phi) is 4.81. The molecule has 1 unspecified atom stereocenters. The Morgan fingerprint density at radius 2 is 2.27 bits per heavy atom. The largest absolute Gasteiger partial charge is 0.392 e. The van der Waals surface area contributed by atoms with Crippen LogP contribution in [-0.2, 0) is 0 Å².